The molecule has 0 rings (SSSR count). The molecule has 2 unspecified atom stereocenters. The van der Waals surface area contributed by atoms with Crippen molar-refractivity contribution in [3.05, 3.63) is 0 Å². The number of hydrogen-bond acceptors (Lipinski definition) is 15. The van der Waals surface area contributed by atoms with Gasteiger partial charge in [-0.15, -0.1) is 0 Å². The summed E-state index contributed by atoms with van der Waals surface area (Å²) in [5.41, 5.74) is 0. The van der Waals surface area contributed by atoms with Crippen molar-refractivity contribution in [2.24, 2.45) is 11.8 Å². The van der Waals surface area contributed by atoms with Crippen LogP contribution in [-0.4, -0.2) is 96.7 Å². The number of phosphoric acid groups is 2. The standard InChI is InChI=1S/C67H130O17P2/c1-7-9-11-13-14-15-16-17-18-19-20-23-27-33-39-45-51-66(71)84-63(56-78-65(70)50-44-38-32-26-24-21-22-25-30-36-41-47-59(3)4)58-82-86(75,76)80-54-61(68)53-79-85(73,74)81-57-62(55-77-64(69)49-43-35-12-10-8-2)83-67(72)52-46-40-34-29-28-31-37-42-48-60(5)6/h59-63,68H,7-58H2,1-6H3,(H,73,74)(H,75,76)/t61-,62+,63+/m0/s1. The number of carbonyl (C=O) groups excluding carboxylic acids is 4. The van der Waals surface area contributed by atoms with Crippen molar-refractivity contribution in [1.82, 2.24) is 0 Å². The first-order chi connectivity index (χ1) is 41.4. The van der Waals surface area contributed by atoms with E-state index in [1.165, 1.54) is 148 Å². The Bertz CT molecular complexity index is 1680. The van der Waals surface area contributed by atoms with Gasteiger partial charge in [-0.3, -0.25) is 37.3 Å². The molecule has 0 aliphatic heterocycles. The molecule has 0 amide bonds. The molecule has 19 heteroatoms. The number of aliphatic hydroxyl groups is 1. The average Bonchev–Trinajstić information content (AvgIpc) is 3.65. The summed E-state index contributed by atoms with van der Waals surface area (Å²) in [6.07, 6.45) is 43.5. The summed E-state index contributed by atoms with van der Waals surface area (Å²) < 4.78 is 68.0. The molecule has 0 aliphatic rings. The highest BCUT2D eigenvalue weighted by Gasteiger charge is 2.30. The lowest BCUT2D eigenvalue weighted by Crippen LogP contribution is -2.30. The van der Waals surface area contributed by atoms with Crippen LogP contribution < -0.4 is 0 Å². The van der Waals surface area contributed by atoms with Gasteiger partial charge in [0.2, 0.25) is 0 Å². The van der Waals surface area contributed by atoms with Gasteiger partial charge in [-0.1, -0.05) is 286 Å². The van der Waals surface area contributed by atoms with E-state index in [1.807, 2.05) is 0 Å². The van der Waals surface area contributed by atoms with E-state index in [9.17, 15) is 43.2 Å². The van der Waals surface area contributed by atoms with E-state index < -0.39 is 97.5 Å². The van der Waals surface area contributed by atoms with Gasteiger partial charge in [-0.05, 0) is 37.5 Å². The van der Waals surface area contributed by atoms with Crippen LogP contribution >= 0.6 is 15.6 Å². The molecule has 0 radical (unpaired) electrons. The lowest BCUT2D eigenvalue weighted by Gasteiger charge is -2.21. The van der Waals surface area contributed by atoms with Crippen LogP contribution in [0.25, 0.3) is 0 Å². The summed E-state index contributed by atoms with van der Waals surface area (Å²) in [7, 11) is -9.88. The van der Waals surface area contributed by atoms with E-state index >= 15 is 0 Å². The number of aliphatic hydroxyl groups excluding tert-OH is 1. The molecular formula is C67H130O17P2. The Kier molecular flexibility index (Phi) is 58.0. The van der Waals surface area contributed by atoms with Gasteiger partial charge in [-0.25, -0.2) is 9.13 Å². The van der Waals surface area contributed by atoms with Gasteiger partial charge in [0.15, 0.2) is 12.2 Å². The summed E-state index contributed by atoms with van der Waals surface area (Å²) in [5.74, 6) is -0.650. The van der Waals surface area contributed by atoms with Gasteiger partial charge in [0.05, 0.1) is 26.4 Å². The Morgan fingerprint density at radius 3 is 0.791 bits per heavy atom. The Balaban J connectivity index is 5.17. The zero-order valence-corrected chi connectivity index (χ0v) is 57.4. The van der Waals surface area contributed by atoms with Gasteiger partial charge < -0.3 is 33.8 Å². The predicted molar refractivity (Wildman–Crippen MR) is 345 cm³/mol. The fourth-order valence-corrected chi connectivity index (χ4v) is 11.6. The Labute approximate surface area is 524 Å². The summed E-state index contributed by atoms with van der Waals surface area (Å²) in [6, 6.07) is 0. The largest absolute Gasteiger partial charge is 0.472 e. The second kappa shape index (κ2) is 59.4. The molecular weight excluding hydrogens is 1140 g/mol. The molecule has 5 atom stereocenters. The number of unbranched alkanes of at least 4 members (excludes halogenated alkanes) is 36. The SMILES string of the molecule is CCCCCCCCCCCCCCCCCCC(=O)O[C@H](COC(=O)CCCCCCCCCCCCCC(C)C)COP(=O)(O)OC[C@@H](O)COP(=O)(O)OC[C@@H](COC(=O)CCCCCCC)OC(=O)CCCCCCCCCCC(C)C. The van der Waals surface area contributed by atoms with Crippen LogP contribution in [0.15, 0.2) is 0 Å². The van der Waals surface area contributed by atoms with Crippen molar-refractivity contribution in [1.29, 1.82) is 0 Å². The van der Waals surface area contributed by atoms with E-state index in [2.05, 4.69) is 41.5 Å². The van der Waals surface area contributed by atoms with Crippen molar-refractivity contribution < 1.29 is 80.2 Å². The molecule has 0 aliphatic carbocycles. The maximum Gasteiger partial charge on any atom is 0.472 e. The highest BCUT2D eigenvalue weighted by atomic mass is 31.2. The second-order valence-corrected chi connectivity index (χ2v) is 28.1. The monoisotopic (exact) mass is 1270 g/mol. The molecule has 17 nitrogen and oxygen atoms in total. The molecule has 0 saturated heterocycles. The zero-order valence-electron chi connectivity index (χ0n) is 55.6. The lowest BCUT2D eigenvalue weighted by molar-refractivity contribution is -0.161. The third kappa shape index (κ3) is 60.9. The first-order valence-corrected chi connectivity index (χ1v) is 38.0. The van der Waals surface area contributed by atoms with Gasteiger partial charge in [0.1, 0.15) is 19.3 Å². The summed E-state index contributed by atoms with van der Waals surface area (Å²) in [6.45, 7) is 9.40. The van der Waals surface area contributed by atoms with E-state index in [-0.39, 0.29) is 25.7 Å². The molecule has 510 valence electrons. The highest BCUT2D eigenvalue weighted by Crippen LogP contribution is 2.45. The van der Waals surface area contributed by atoms with Crippen molar-refractivity contribution in [3.63, 3.8) is 0 Å². The minimum Gasteiger partial charge on any atom is -0.462 e. The van der Waals surface area contributed by atoms with Crippen LogP contribution in [-0.2, 0) is 65.4 Å². The fraction of sp³-hybridized carbons (Fsp3) is 0.940. The van der Waals surface area contributed by atoms with Crippen LogP contribution in [0.3, 0.4) is 0 Å². The summed E-state index contributed by atoms with van der Waals surface area (Å²) in [5, 5.41) is 10.5. The molecule has 3 N–H and O–H groups in total. The third-order valence-corrected chi connectivity index (χ3v) is 17.4. The maximum absolute atomic E-state index is 13.0. The van der Waals surface area contributed by atoms with Gasteiger partial charge in [0.25, 0.3) is 0 Å². The van der Waals surface area contributed by atoms with Crippen LogP contribution in [0.1, 0.15) is 337 Å². The van der Waals surface area contributed by atoms with Gasteiger partial charge >= 0.3 is 39.5 Å². The van der Waals surface area contributed by atoms with Gasteiger partial charge in [0, 0.05) is 25.7 Å². The van der Waals surface area contributed by atoms with E-state index in [4.69, 9.17) is 37.0 Å². The van der Waals surface area contributed by atoms with Crippen molar-refractivity contribution in [2.75, 3.05) is 39.6 Å². The van der Waals surface area contributed by atoms with Crippen LogP contribution in [0.4, 0.5) is 0 Å². The number of rotatable bonds is 66. The Hall–Kier alpha value is -1.94. The maximum atomic E-state index is 13.0. The first-order valence-electron chi connectivity index (χ1n) is 35.0. The number of hydrogen-bond donors (Lipinski definition) is 3. The van der Waals surface area contributed by atoms with Crippen molar-refractivity contribution in [3.8, 4) is 0 Å². The Morgan fingerprint density at radius 2 is 0.535 bits per heavy atom. The third-order valence-electron chi connectivity index (χ3n) is 15.5. The topological polar surface area (TPSA) is 237 Å². The first kappa shape index (κ1) is 84.1. The zero-order chi connectivity index (χ0) is 63.6. The number of carbonyl (C=O) groups is 4. The van der Waals surface area contributed by atoms with E-state index in [0.717, 1.165) is 108 Å². The minimum absolute atomic E-state index is 0.103. The molecule has 86 heavy (non-hydrogen) atoms. The molecule has 0 aromatic rings. The predicted octanol–water partition coefficient (Wildman–Crippen LogP) is 18.8. The molecule has 0 spiro atoms. The minimum atomic E-state index is -4.95. The molecule has 0 aromatic carbocycles. The lowest BCUT2D eigenvalue weighted by atomic mass is 10.0. The quantitative estimate of drug-likeness (QED) is 0.0222. The summed E-state index contributed by atoms with van der Waals surface area (Å²) in [4.78, 5) is 72.1. The molecule has 0 saturated carbocycles. The molecule has 0 bridgehead atoms. The van der Waals surface area contributed by atoms with Crippen molar-refractivity contribution >= 4 is 39.5 Å². The number of phosphoric ester groups is 2. The van der Waals surface area contributed by atoms with Crippen molar-refractivity contribution in [2.45, 2.75) is 355 Å². The van der Waals surface area contributed by atoms with E-state index in [1.54, 1.807) is 0 Å². The fourth-order valence-electron chi connectivity index (χ4n) is 10.1. The summed E-state index contributed by atoms with van der Waals surface area (Å²) >= 11 is 0. The van der Waals surface area contributed by atoms with Crippen LogP contribution in [0, 0.1) is 11.8 Å². The average molecular weight is 1270 g/mol. The number of esters is 4. The number of ether oxygens (including phenoxy) is 4. The van der Waals surface area contributed by atoms with E-state index in [0.29, 0.717) is 25.7 Å². The van der Waals surface area contributed by atoms with Gasteiger partial charge in [-0.2, -0.15) is 0 Å². The molecule has 0 heterocycles. The van der Waals surface area contributed by atoms with Crippen LogP contribution in [0.2, 0.25) is 0 Å². The molecule has 0 fully saturated rings. The molecule has 0 aromatic heterocycles. The van der Waals surface area contributed by atoms with Crippen LogP contribution in [0.5, 0.6) is 0 Å². The second-order valence-electron chi connectivity index (χ2n) is 25.2. The smallest absolute Gasteiger partial charge is 0.462 e. The Morgan fingerprint density at radius 1 is 0.314 bits per heavy atom. The normalized spacial score (nSPS) is 14.2. The highest BCUT2D eigenvalue weighted by molar-refractivity contribution is 7.47.